The van der Waals surface area contributed by atoms with E-state index in [0.29, 0.717) is 6.42 Å². The maximum atomic E-state index is 11.4. The maximum Gasteiger partial charge on any atom is 0.408 e. The fourth-order valence-corrected chi connectivity index (χ4v) is 1.44. The molecule has 2 amide bonds. The Hall–Kier alpha value is -1.26. The number of hydrogen-bond donors (Lipinski definition) is 2. The zero-order valence-electron chi connectivity index (χ0n) is 9.59. The lowest BCUT2D eigenvalue weighted by Crippen LogP contribution is -2.42. The van der Waals surface area contributed by atoms with Gasteiger partial charge in [0.05, 0.1) is 0 Å². The molecule has 0 radical (unpaired) electrons. The Kier molecular flexibility index (Phi) is 3.21. The second kappa shape index (κ2) is 4.08. The van der Waals surface area contributed by atoms with Gasteiger partial charge in [-0.1, -0.05) is 0 Å². The minimum absolute atomic E-state index is 0.109. The van der Waals surface area contributed by atoms with Gasteiger partial charge in [-0.3, -0.25) is 4.79 Å². The predicted molar refractivity (Wildman–Crippen MR) is 55.4 cm³/mol. The Bertz CT molecular complexity index is 270. The van der Waals surface area contributed by atoms with Gasteiger partial charge in [-0.2, -0.15) is 0 Å². The highest BCUT2D eigenvalue weighted by molar-refractivity contribution is 5.87. The number of rotatable bonds is 1. The van der Waals surface area contributed by atoms with E-state index in [4.69, 9.17) is 4.74 Å². The molecule has 5 nitrogen and oxygen atoms in total. The van der Waals surface area contributed by atoms with E-state index in [9.17, 15) is 9.59 Å². The highest BCUT2D eigenvalue weighted by atomic mass is 16.6. The van der Waals surface area contributed by atoms with Crippen LogP contribution in [0.25, 0.3) is 0 Å². The normalized spacial score (nSPS) is 26.0. The Balaban J connectivity index is 2.42. The molecule has 0 spiro atoms. The highest BCUT2D eigenvalue weighted by Gasteiger charge is 2.31. The van der Waals surface area contributed by atoms with Gasteiger partial charge in [-0.05, 0) is 34.1 Å². The molecule has 1 aliphatic rings. The van der Waals surface area contributed by atoms with Crippen LogP contribution in [0.5, 0.6) is 0 Å². The molecule has 1 heterocycles. The van der Waals surface area contributed by atoms with Crippen molar-refractivity contribution in [3.8, 4) is 0 Å². The van der Waals surface area contributed by atoms with Crippen LogP contribution in [0.1, 0.15) is 34.1 Å². The summed E-state index contributed by atoms with van der Waals surface area (Å²) in [5.74, 6) is -0.145. The van der Waals surface area contributed by atoms with Crippen LogP contribution in [-0.2, 0) is 9.53 Å². The van der Waals surface area contributed by atoms with Crippen molar-refractivity contribution in [1.29, 1.82) is 0 Å². The molecule has 2 unspecified atom stereocenters. The van der Waals surface area contributed by atoms with Gasteiger partial charge in [-0.15, -0.1) is 0 Å². The number of carbonyl (C=O) groups is 2. The molecule has 0 aliphatic carbocycles. The van der Waals surface area contributed by atoms with Crippen molar-refractivity contribution in [3.63, 3.8) is 0 Å². The highest BCUT2D eigenvalue weighted by Crippen LogP contribution is 2.10. The topological polar surface area (TPSA) is 67.4 Å². The zero-order valence-corrected chi connectivity index (χ0v) is 9.59. The third-order valence-electron chi connectivity index (χ3n) is 1.99. The summed E-state index contributed by atoms with van der Waals surface area (Å²) >= 11 is 0. The molecule has 0 aromatic carbocycles. The average Bonchev–Trinajstić information content (AvgIpc) is 2.25. The van der Waals surface area contributed by atoms with Gasteiger partial charge in [0.15, 0.2) is 0 Å². The first-order valence-electron chi connectivity index (χ1n) is 5.08. The molecular weight excluding hydrogens is 196 g/mol. The fraction of sp³-hybridized carbons (Fsp3) is 0.800. The number of amides is 2. The minimum atomic E-state index is -0.545. The molecule has 86 valence electrons. The van der Waals surface area contributed by atoms with Gasteiger partial charge in [0.2, 0.25) is 5.91 Å². The molecule has 2 atom stereocenters. The lowest BCUT2D eigenvalue weighted by Gasteiger charge is -2.20. The fourth-order valence-electron chi connectivity index (χ4n) is 1.44. The summed E-state index contributed by atoms with van der Waals surface area (Å²) in [6, 6.07) is -0.354. The first-order valence-corrected chi connectivity index (χ1v) is 5.08. The first-order chi connectivity index (χ1) is 6.78. The Labute approximate surface area is 89.6 Å². The molecule has 0 saturated carbocycles. The molecule has 5 heteroatoms. The van der Waals surface area contributed by atoms with Gasteiger partial charge in [0.1, 0.15) is 11.6 Å². The van der Waals surface area contributed by atoms with Crippen molar-refractivity contribution in [2.24, 2.45) is 0 Å². The third kappa shape index (κ3) is 3.77. The van der Waals surface area contributed by atoms with E-state index in [-0.39, 0.29) is 11.9 Å². The molecule has 2 N–H and O–H groups in total. The molecule has 0 bridgehead atoms. The Morgan fingerprint density at radius 1 is 1.53 bits per heavy atom. The van der Waals surface area contributed by atoms with Gasteiger partial charge < -0.3 is 15.4 Å². The van der Waals surface area contributed by atoms with Gasteiger partial charge in [-0.25, -0.2) is 4.79 Å². The van der Waals surface area contributed by atoms with E-state index in [2.05, 4.69) is 10.6 Å². The summed E-state index contributed by atoms with van der Waals surface area (Å²) in [5.41, 5.74) is -0.537. The predicted octanol–water partition coefficient (Wildman–Crippen LogP) is 0.788. The molecule has 15 heavy (non-hydrogen) atoms. The Morgan fingerprint density at radius 2 is 2.13 bits per heavy atom. The average molecular weight is 214 g/mol. The molecule has 1 saturated heterocycles. The standard InChI is InChI=1S/C10H18N2O3/c1-6-5-7(8(13)11-6)12-9(14)15-10(2,3)4/h6-7H,5H2,1-4H3,(H,11,13)(H,12,14). The molecule has 0 aromatic heterocycles. The maximum absolute atomic E-state index is 11.4. The quantitative estimate of drug-likeness (QED) is 0.678. The number of nitrogens with one attached hydrogen (secondary N) is 2. The molecule has 1 rings (SSSR count). The summed E-state index contributed by atoms with van der Waals surface area (Å²) in [4.78, 5) is 22.7. The number of ether oxygens (including phenoxy) is 1. The molecule has 1 fully saturated rings. The largest absolute Gasteiger partial charge is 0.444 e. The summed E-state index contributed by atoms with van der Waals surface area (Å²) < 4.78 is 5.05. The monoisotopic (exact) mass is 214 g/mol. The lowest BCUT2D eigenvalue weighted by atomic mass is 10.2. The summed E-state index contributed by atoms with van der Waals surface area (Å²) in [5, 5.41) is 5.27. The smallest absolute Gasteiger partial charge is 0.408 e. The number of hydrogen-bond acceptors (Lipinski definition) is 3. The van der Waals surface area contributed by atoms with Crippen molar-refractivity contribution in [2.75, 3.05) is 0 Å². The first kappa shape index (κ1) is 11.8. The second-order valence-electron chi connectivity index (χ2n) is 4.84. The van der Waals surface area contributed by atoms with Crippen LogP contribution in [0, 0.1) is 0 Å². The van der Waals surface area contributed by atoms with Crippen LogP contribution in [0.2, 0.25) is 0 Å². The van der Waals surface area contributed by atoms with Crippen LogP contribution in [-0.4, -0.2) is 29.7 Å². The van der Waals surface area contributed by atoms with Crippen LogP contribution in [0.15, 0.2) is 0 Å². The zero-order chi connectivity index (χ0) is 11.6. The van der Waals surface area contributed by atoms with Crippen LogP contribution in [0.4, 0.5) is 4.79 Å². The summed E-state index contributed by atoms with van der Waals surface area (Å²) in [6.45, 7) is 7.24. The molecule has 0 aromatic rings. The SMILES string of the molecule is CC1CC(NC(=O)OC(C)(C)C)C(=O)N1. The van der Waals surface area contributed by atoms with E-state index in [0.717, 1.165) is 0 Å². The van der Waals surface area contributed by atoms with Crippen LogP contribution in [0.3, 0.4) is 0 Å². The molecular formula is C10H18N2O3. The number of carbonyl (C=O) groups excluding carboxylic acids is 2. The summed E-state index contributed by atoms with van der Waals surface area (Å²) in [6.07, 6.45) is 0.0645. The number of alkyl carbamates (subject to hydrolysis) is 1. The molecule has 1 aliphatic heterocycles. The van der Waals surface area contributed by atoms with Gasteiger partial charge in [0.25, 0.3) is 0 Å². The van der Waals surface area contributed by atoms with Crippen molar-refractivity contribution < 1.29 is 14.3 Å². The second-order valence-corrected chi connectivity index (χ2v) is 4.84. The van der Waals surface area contributed by atoms with Crippen molar-refractivity contribution in [1.82, 2.24) is 10.6 Å². The lowest BCUT2D eigenvalue weighted by molar-refractivity contribution is -0.121. The van der Waals surface area contributed by atoms with E-state index < -0.39 is 17.7 Å². The van der Waals surface area contributed by atoms with Crippen molar-refractivity contribution in [2.45, 2.75) is 51.8 Å². The van der Waals surface area contributed by atoms with Crippen molar-refractivity contribution >= 4 is 12.0 Å². The summed E-state index contributed by atoms with van der Waals surface area (Å²) in [7, 11) is 0. The van der Waals surface area contributed by atoms with E-state index >= 15 is 0 Å². The Morgan fingerprint density at radius 3 is 2.53 bits per heavy atom. The van der Waals surface area contributed by atoms with E-state index in [1.165, 1.54) is 0 Å². The van der Waals surface area contributed by atoms with Gasteiger partial charge in [0, 0.05) is 6.04 Å². The van der Waals surface area contributed by atoms with Crippen LogP contribution < -0.4 is 10.6 Å². The van der Waals surface area contributed by atoms with E-state index in [1.807, 2.05) is 6.92 Å². The minimum Gasteiger partial charge on any atom is -0.444 e. The van der Waals surface area contributed by atoms with Crippen molar-refractivity contribution in [3.05, 3.63) is 0 Å². The van der Waals surface area contributed by atoms with E-state index in [1.54, 1.807) is 20.8 Å². The van der Waals surface area contributed by atoms with Gasteiger partial charge >= 0.3 is 6.09 Å². The van der Waals surface area contributed by atoms with Crippen LogP contribution >= 0.6 is 0 Å². The third-order valence-corrected chi connectivity index (χ3v) is 1.99.